The summed E-state index contributed by atoms with van der Waals surface area (Å²) in [7, 11) is 0. The zero-order valence-corrected chi connectivity index (χ0v) is 15.2. The molecular weight excluding hydrogens is 374 g/mol. The molecule has 2 N–H and O–H groups in total. The lowest BCUT2D eigenvalue weighted by atomic mass is 10.1. The third-order valence-corrected chi connectivity index (χ3v) is 4.37. The summed E-state index contributed by atoms with van der Waals surface area (Å²) in [6.07, 6.45) is 1.31. The number of nitrogens with one attached hydrogen (secondary N) is 2. The molecule has 0 bridgehead atoms. The summed E-state index contributed by atoms with van der Waals surface area (Å²) >= 11 is 0. The van der Waals surface area contributed by atoms with E-state index in [1.54, 1.807) is 18.2 Å². The van der Waals surface area contributed by atoms with Crippen molar-refractivity contribution >= 4 is 28.3 Å². The Morgan fingerprint density at radius 3 is 2.55 bits per heavy atom. The molecule has 0 aliphatic heterocycles. The second kappa shape index (κ2) is 8.02. The van der Waals surface area contributed by atoms with Crippen LogP contribution in [0.2, 0.25) is 0 Å². The molecule has 5 nitrogen and oxygen atoms in total. The Hall–Kier alpha value is -3.87. The van der Waals surface area contributed by atoms with Crippen LogP contribution in [0.4, 0.5) is 20.3 Å². The van der Waals surface area contributed by atoms with E-state index in [2.05, 4.69) is 20.6 Å². The van der Waals surface area contributed by atoms with Crippen LogP contribution in [-0.4, -0.2) is 15.9 Å². The zero-order valence-electron chi connectivity index (χ0n) is 15.2. The fraction of sp³-hybridized carbons (Fsp3) is 0.0455. The molecule has 144 valence electrons. The second-order valence-corrected chi connectivity index (χ2v) is 6.37. The Balaban J connectivity index is 1.48. The third kappa shape index (κ3) is 4.19. The lowest BCUT2D eigenvalue weighted by molar-refractivity contribution is 0.102. The lowest BCUT2D eigenvalue weighted by Crippen LogP contribution is -2.12. The van der Waals surface area contributed by atoms with Crippen LogP contribution in [-0.2, 0) is 6.54 Å². The highest BCUT2D eigenvalue weighted by Crippen LogP contribution is 2.22. The standard InChI is InChI=1S/C22H16F2N4O/c23-16-9-7-15(8-10-16)22(29)28-17-4-1-3-14(11-17)12-25-21-18-5-2-6-19(24)20(18)26-13-27-21/h1-11,13H,12H2,(H,28,29)(H,25,26,27). The molecule has 1 aromatic heterocycles. The predicted molar refractivity (Wildman–Crippen MR) is 108 cm³/mol. The molecule has 0 spiro atoms. The number of hydrogen-bond acceptors (Lipinski definition) is 4. The topological polar surface area (TPSA) is 66.9 Å². The van der Waals surface area contributed by atoms with E-state index < -0.39 is 11.6 Å². The summed E-state index contributed by atoms with van der Waals surface area (Å²) in [4.78, 5) is 20.5. The quantitative estimate of drug-likeness (QED) is 0.515. The Morgan fingerprint density at radius 2 is 1.72 bits per heavy atom. The molecule has 3 aromatic carbocycles. The maximum Gasteiger partial charge on any atom is 0.255 e. The van der Waals surface area contributed by atoms with Gasteiger partial charge in [-0.1, -0.05) is 18.2 Å². The van der Waals surface area contributed by atoms with Gasteiger partial charge in [-0.2, -0.15) is 0 Å². The van der Waals surface area contributed by atoms with E-state index in [-0.39, 0.29) is 11.4 Å². The highest BCUT2D eigenvalue weighted by atomic mass is 19.1. The number of hydrogen-bond donors (Lipinski definition) is 2. The predicted octanol–water partition coefficient (Wildman–Crippen LogP) is 4.77. The molecule has 0 aliphatic carbocycles. The number of benzene rings is 3. The van der Waals surface area contributed by atoms with Crippen molar-refractivity contribution < 1.29 is 13.6 Å². The average Bonchev–Trinajstić information content (AvgIpc) is 2.73. The number of nitrogens with zero attached hydrogens (tertiary/aromatic N) is 2. The van der Waals surface area contributed by atoms with Gasteiger partial charge in [0.15, 0.2) is 0 Å². The van der Waals surface area contributed by atoms with E-state index in [4.69, 9.17) is 0 Å². The van der Waals surface area contributed by atoms with Gasteiger partial charge in [-0.25, -0.2) is 18.7 Å². The summed E-state index contributed by atoms with van der Waals surface area (Å²) in [5, 5.41) is 6.56. The van der Waals surface area contributed by atoms with Crippen molar-refractivity contribution in [2.45, 2.75) is 6.54 Å². The van der Waals surface area contributed by atoms with Gasteiger partial charge in [0.25, 0.3) is 5.91 Å². The van der Waals surface area contributed by atoms with Crippen LogP contribution in [0.5, 0.6) is 0 Å². The molecule has 7 heteroatoms. The molecule has 0 aliphatic rings. The monoisotopic (exact) mass is 390 g/mol. The van der Waals surface area contributed by atoms with Crippen molar-refractivity contribution in [1.29, 1.82) is 0 Å². The van der Waals surface area contributed by atoms with Gasteiger partial charge >= 0.3 is 0 Å². The largest absolute Gasteiger partial charge is 0.365 e. The Kier molecular flexibility index (Phi) is 5.11. The summed E-state index contributed by atoms with van der Waals surface area (Å²) < 4.78 is 26.9. The smallest absolute Gasteiger partial charge is 0.255 e. The van der Waals surface area contributed by atoms with Crippen LogP contribution in [0.15, 0.2) is 73.1 Å². The number of aromatic nitrogens is 2. The van der Waals surface area contributed by atoms with Crippen LogP contribution in [0.3, 0.4) is 0 Å². The number of fused-ring (bicyclic) bond motifs is 1. The molecule has 1 amide bonds. The molecule has 4 aromatic rings. The van der Waals surface area contributed by atoms with E-state index >= 15 is 0 Å². The van der Waals surface area contributed by atoms with Crippen molar-refractivity contribution in [1.82, 2.24) is 9.97 Å². The molecule has 0 unspecified atom stereocenters. The van der Waals surface area contributed by atoms with Crippen molar-refractivity contribution in [3.8, 4) is 0 Å². The van der Waals surface area contributed by atoms with Gasteiger partial charge in [0.05, 0.1) is 0 Å². The summed E-state index contributed by atoms with van der Waals surface area (Å²) in [5.74, 6) is -0.604. The van der Waals surface area contributed by atoms with E-state index in [1.807, 2.05) is 18.2 Å². The van der Waals surface area contributed by atoms with Crippen LogP contribution in [0.25, 0.3) is 10.9 Å². The van der Waals surface area contributed by atoms with E-state index in [0.29, 0.717) is 29.0 Å². The lowest BCUT2D eigenvalue weighted by Gasteiger charge is -2.10. The maximum absolute atomic E-state index is 13.9. The Bertz CT molecular complexity index is 1180. The van der Waals surface area contributed by atoms with Gasteiger partial charge in [0, 0.05) is 23.2 Å². The minimum Gasteiger partial charge on any atom is -0.365 e. The number of halogens is 2. The first-order valence-electron chi connectivity index (χ1n) is 8.89. The van der Waals surface area contributed by atoms with Crippen LogP contribution < -0.4 is 10.6 Å². The highest BCUT2D eigenvalue weighted by Gasteiger charge is 2.09. The molecule has 0 atom stereocenters. The number of amides is 1. The molecule has 29 heavy (non-hydrogen) atoms. The third-order valence-electron chi connectivity index (χ3n) is 4.37. The first-order valence-corrected chi connectivity index (χ1v) is 8.89. The van der Waals surface area contributed by atoms with Gasteiger partial charge in [-0.3, -0.25) is 4.79 Å². The molecule has 1 heterocycles. The number of para-hydroxylation sites is 1. The van der Waals surface area contributed by atoms with E-state index in [0.717, 1.165) is 5.56 Å². The number of rotatable bonds is 5. The Morgan fingerprint density at radius 1 is 0.931 bits per heavy atom. The molecule has 0 saturated carbocycles. The molecule has 4 rings (SSSR count). The fourth-order valence-electron chi connectivity index (χ4n) is 2.94. The minimum atomic E-state index is -0.404. The normalized spacial score (nSPS) is 10.7. The van der Waals surface area contributed by atoms with Gasteiger partial charge in [0.1, 0.15) is 29.3 Å². The summed E-state index contributed by atoms with van der Waals surface area (Å²) in [6.45, 7) is 0.420. The van der Waals surface area contributed by atoms with Gasteiger partial charge in [-0.15, -0.1) is 0 Å². The number of carbonyl (C=O) groups is 1. The minimum absolute atomic E-state index is 0.255. The Labute approximate surface area is 165 Å². The van der Waals surface area contributed by atoms with Gasteiger partial charge in [-0.05, 0) is 54.1 Å². The maximum atomic E-state index is 13.9. The molecule has 0 saturated heterocycles. The fourth-order valence-corrected chi connectivity index (χ4v) is 2.94. The first kappa shape index (κ1) is 18.5. The summed E-state index contributed by atoms with van der Waals surface area (Å²) in [6, 6.07) is 17.3. The van der Waals surface area contributed by atoms with Crippen LogP contribution >= 0.6 is 0 Å². The number of carbonyl (C=O) groups excluding carboxylic acids is 1. The average molecular weight is 390 g/mol. The van der Waals surface area contributed by atoms with Crippen LogP contribution in [0, 0.1) is 11.6 Å². The van der Waals surface area contributed by atoms with Crippen molar-refractivity contribution in [3.63, 3.8) is 0 Å². The SMILES string of the molecule is O=C(Nc1cccc(CNc2ncnc3c(F)cccc23)c1)c1ccc(F)cc1. The molecular formula is C22H16F2N4O. The second-order valence-electron chi connectivity index (χ2n) is 6.37. The van der Waals surface area contributed by atoms with Crippen LogP contribution in [0.1, 0.15) is 15.9 Å². The summed E-state index contributed by atoms with van der Waals surface area (Å²) in [5.41, 5.74) is 2.12. The molecule has 0 fully saturated rings. The van der Waals surface area contributed by atoms with Crippen molar-refractivity contribution in [2.75, 3.05) is 10.6 Å². The first-order chi connectivity index (χ1) is 14.1. The number of anilines is 2. The van der Waals surface area contributed by atoms with E-state index in [1.165, 1.54) is 36.7 Å². The van der Waals surface area contributed by atoms with Gasteiger partial charge in [0.2, 0.25) is 0 Å². The van der Waals surface area contributed by atoms with Crippen molar-refractivity contribution in [2.24, 2.45) is 0 Å². The zero-order chi connectivity index (χ0) is 20.2. The van der Waals surface area contributed by atoms with E-state index in [9.17, 15) is 13.6 Å². The van der Waals surface area contributed by atoms with Crippen molar-refractivity contribution in [3.05, 3.63) is 95.8 Å². The molecule has 0 radical (unpaired) electrons. The highest BCUT2D eigenvalue weighted by molar-refractivity contribution is 6.04. The van der Waals surface area contributed by atoms with Gasteiger partial charge < -0.3 is 10.6 Å².